The maximum absolute atomic E-state index is 13.1. The lowest BCUT2D eigenvalue weighted by Gasteiger charge is -2.12. The van der Waals surface area contributed by atoms with E-state index in [4.69, 9.17) is 9.47 Å². The van der Waals surface area contributed by atoms with E-state index in [1.807, 2.05) is 0 Å². The highest BCUT2D eigenvalue weighted by Crippen LogP contribution is 2.29. The van der Waals surface area contributed by atoms with Crippen LogP contribution < -0.4 is 14.8 Å². The van der Waals surface area contributed by atoms with Crippen LogP contribution in [0.1, 0.15) is 15.9 Å². The van der Waals surface area contributed by atoms with Crippen LogP contribution in [0, 0.1) is 5.82 Å². The van der Waals surface area contributed by atoms with Crippen LogP contribution in [0.15, 0.2) is 42.5 Å². The summed E-state index contributed by atoms with van der Waals surface area (Å²) in [7, 11) is 1.28. The summed E-state index contributed by atoms with van der Waals surface area (Å²) in [6.07, 6.45) is 0. The van der Waals surface area contributed by atoms with E-state index in [0.717, 1.165) is 6.07 Å². The number of methoxy groups -OCH3 is 1. The zero-order valence-corrected chi connectivity index (χ0v) is 14.2. The van der Waals surface area contributed by atoms with Crippen molar-refractivity contribution in [2.75, 3.05) is 13.7 Å². The third-order valence-electron chi connectivity index (χ3n) is 3.32. The molecular weight excluding hydrogens is 367 g/mol. The zero-order chi connectivity index (χ0) is 19.8. The van der Waals surface area contributed by atoms with Gasteiger partial charge in [-0.15, -0.1) is 0 Å². The predicted octanol–water partition coefficient (Wildman–Crippen LogP) is 2.91. The lowest BCUT2D eigenvalue weighted by Crippen LogP contribution is -2.30. The first-order valence-electron chi connectivity index (χ1n) is 7.70. The van der Waals surface area contributed by atoms with E-state index in [2.05, 4.69) is 10.1 Å². The number of ether oxygens (including phenoxy) is 3. The van der Waals surface area contributed by atoms with Crippen molar-refractivity contribution in [3.63, 3.8) is 0 Å². The molecule has 0 heterocycles. The highest BCUT2D eigenvalue weighted by molar-refractivity contribution is 5.95. The molecule has 0 fully saturated rings. The third kappa shape index (κ3) is 6.21. The summed E-state index contributed by atoms with van der Waals surface area (Å²) in [6, 6.07) is 9.08. The largest absolute Gasteiger partial charge is 0.493 e. The fourth-order valence-corrected chi connectivity index (χ4v) is 2.09. The van der Waals surface area contributed by atoms with Crippen LogP contribution in [-0.4, -0.2) is 32.1 Å². The molecule has 6 nitrogen and oxygen atoms in total. The Morgan fingerprint density at radius 1 is 1.11 bits per heavy atom. The number of amides is 1. The van der Waals surface area contributed by atoms with Gasteiger partial charge in [0.25, 0.3) is 5.91 Å². The van der Waals surface area contributed by atoms with Gasteiger partial charge in [0, 0.05) is 5.56 Å². The summed E-state index contributed by atoms with van der Waals surface area (Å²) in [5.74, 6) is -2.01. The van der Waals surface area contributed by atoms with Gasteiger partial charge < -0.3 is 19.5 Å². The van der Waals surface area contributed by atoms with Gasteiger partial charge in [-0.3, -0.25) is 9.59 Å². The number of carbonyl (C=O) groups is 2. The molecule has 144 valence electrons. The molecule has 0 unspecified atom stereocenters. The van der Waals surface area contributed by atoms with Gasteiger partial charge >= 0.3 is 12.6 Å². The van der Waals surface area contributed by atoms with Gasteiger partial charge in [0.15, 0.2) is 11.5 Å². The molecule has 0 atom stereocenters. The first-order chi connectivity index (χ1) is 12.9. The third-order valence-corrected chi connectivity index (χ3v) is 3.32. The Morgan fingerprint density at radius 2 is 1.89 bits per heavy atom. The molecule has 0 radical (unpaired) electrons. The van der Waals surface area contributed by atoms with Crippen molar-refractivity contribution in [3.8, 4) is 11.5 Å². The predicted molar refractivity (Wildman–Crippen MR) is 88.2 cm³/mol. The lowest BCUT2D eigenvalue weighted by molar-refractivity contribution is -0.143. The minimum Gasteiger partial charge on any atom is -0.493 e. The molecular formula is C18H16F3NO5. The monoisotopic (exact) mass is 383 g/mol. The highest BCUT2D eigenvalue weighted by Gasteiger charge is 2.13. The SMILES string of the molecule is COc1cc(COC(=O)CNC(=O)c2cccc(F)c2)ccc1OC(F)F. The van der Waals surface area contributed by atoms with E-state index in [1.165, 1.54) is 43.5 Å². The number of nitrogens with one attached hydrogen (secondary N) is 1. The van der Waals surface area contributed by atoms with Gasteiger partial charge in [-0.25, -0.2) is 4.39 Å². The number of alkyl halides is 2. The van der Waals surface area contributed by atoms with Crippen molar-refractivity contribution >= 4 is 11.9 Å². The summed E-state index contributed by atoms with van der Waals surface area (Å²) in [5, 5.41) is 2.31. The minimum absolute atomic E-state index is 0.0586. The van der Waals surface area contributed by atoms with Crippen LogP contribution in [0.5, 0.6) is 11.5 Å². The van der Waals surface area contributed by atoms with E-state index < -0.39 is 30.8 Å². The molecule has 0 spiro atoms. The average Bonchev–Trinajstić information content (AvgIpc) is 2.64. The summed E-state index contributed by atoms with van der Waals surface area (Å²) in [4.78, 5) is 23.5. The van der Waals surface area contributed by atoms with E-state index >= 15 is 0 Å². The molecule has 0 aliphatic carbocycles. The standard InChI is InChI=1S/C18H16F3NO5/c1-25-15-7-11(5-6-14(15)27-18(20)21)10-26-16(23)9-22-17(24)12-3-2-4-13(19)8-12/h2-8,18H,9-10H2,1H3,(H,22,24). The number of esters is 1. The van der Waals surface area contributed by atoms with Crippen LogP contribution in [0.3, 0.4) is 0 Å². The molecule has 9 heteroatoms. The second-order valence-electron chi connectivity index (χ2n) is 5.22. The normalized spacial score (nSPS) is 10.4. The fourth-order valence-electron chi connectivity index (χ4n) is 2.09. The molecule has 27 heavy (non-hydrogen) atoms. The van der Waals surface area contributed by atoms with Gasteiger partial charge in [-0.2, -0.15) is 8.78 Å². The second-order valence-corrected chi connectivity index (χ2v) is 5.22. The van der Waals surface area contributed by atoms with Crippen molar-refractivity contribution in [1.82, 2.24) is 5.32 Å². The highest BCUT2D eigenvalue weighted by atomic mass is 19.3. The molecule has 0 saturated heterocycles. The number of halogens is 3. The molecule has 2 aromatic rings. The van der Waals surface area contributed by atoms with E-state index in [0.29, 0.717) is 5.56 Å². The van der Waals surface area contributed by atoms with Crippen LogP contribution >= 0.6 is 0 Å². The first-order valence-corrected chi connectivity index (χ1v) is 7.70. The molecule has 0 saturated carbocycles. The molecule has 0 aromatic heterocycles. The molecule has 2 rings (SSSR count). The van der Waals surface area contributed by atoms with E-state index in [9.17, 15) is 22.8 Å². The number of hydrogen-bond acceptors (Lipinski definition) is 5. The Morgan fingerprint density at radius 3 is 2.56 bits per heavy atom. The topological polar surface area (TPSA) is 73.9 Å². The smallest absolute Gasteiger partial charge is 0.387 e. The van der Waals surface area contributed by atoms with Crippen molar-refractivity contribution in [3.05, 3.63) is 59.4 Å². The van der Waals surface area contributed by atoms with Crippen molar-refractivity contribution in [2.45, 2.75) is 13.2 Å². The van der Waals surface area contributed by atoms with Gasteiger partial charge in [0.1, 0.15) is 19.0 Å². The quantitative estimate of drug-likeness (QED) is 0.710. The van der Waals surface area contributed by atoms with Crippen LogP contribution in [0.4, 0.5) is 13.2 Å². The Labute approximate surface area is 152 Å². The maximum atomic E-state index is 13.1. The molecule has 0 aliphatic heterocycles. The van der Waals surface area contributed by atoms with Gasteiger partial charge in [-0.05, 0) is 35.9 Å². The molecule has 0 aliphatic rings. The van der Waals surface area contributed by atoms with Crippen molar-refractivity contribution in [2.24, 2.45) is 0 Å². The zero-order valence-electron chi connectivity index (χ0n) is 14.2. The van der Waals surface area contributed by atoms with Crippen molar-refractivity contribution in [1.29, 1.82) is 0 Å². The van der Waals surface area contributed by atoms with Crippen LogP contribution in [-0.2, 0) is 16.1 Å². The first kappa shape index (κ1) is 20.1. The van der Waals surface area contributed by atoms with Gasteiger partial charge in [0.2, 0.25) is 0 Å². The average molecular weight is 383 g/mol. The summed E-state index contributed by atoms with van der Waals surface area (Å²) >= 11 is 0. The van der Waals surface area contributed by atoms with Gasteiger partial charge in [-0.1, -0.05) is 12.1 Å². The number of benzene rings is 2. The maximum Gasteiger partial charge on any atom is 0.387 e. The molecule has 2 aromatic carbocycles. The Kier molecular flexibility index (Phi) is 7.04. The van der Waals surface area contributed by atoms with E-state index in [1.54, 1.807) is 0 Å². The number of rotatable bonds is 8. The van der Waals surface area contributed by atoms with Gasteiger partial charge in [0.05, 0.1) is 7.11 Å². The fraction of sp³-hybridized carbons (Fsp3) is 0.222. The Hall–Kier alpha value is -3.23. The second kappa shape index (κ2) is 9.46. The number of carbonyl (C=O) groups excluding carboxylic acids is 2. The van der Waals surface area contributed by atoms with Crippen molar-refractivity contribution < 1.29 is 37.0 Å². The lowest BCUT2D eigenvalue weighted by atomic mass is 10.2. The molecule has 0 bridgehead atoms. The Balaban J connectivity index is 1.85. The van der Waals surface area contributed by atoms with Crippen LogP contribution in [0.25, 0.3) is 0 Å². The molecule has 1 amide bonds. The minimum atomic E-state index is -3.00. The summed E-state index contributed by atoms with van der Waals surface area (Å²) in [6.45, 7) is -3.58. The Bertz CT molecular complexity index is 813. The summed E-state index contributed by atoms with van der Waals surface area (Å²) in [5.41, 5.74) is 0.542. The van der Waals surface area contributed by atoms with Crippen LogP contribution in [0.2, 0.25) is 0 Å². The summed E-state index contributed by atoms with van der Waals surface area (Å²) < 4.78 is 51.9. The number of hydrogen-bond donors (Lipinski definition) is 1. The van der Waals surface area contributed by atoms with E-state index in [-0.39, 0.29) is 23.7 Å². The molecule has 1 N–H and O–H groups in total.